The monoisotopic (exact) mass is 447 g/mol. The Balaban J connectivity index is 1.70. The molecule has 0 saturated carbocycles. The minimum Gasteiger partial charge on any atom is -0.497 e. The van der Waals surface area contributed by atoms with Crippen LogP contribution in [0.1, 0.15) is 51.2 Å². The third kappa shape index (κ3) is 3.99. The Bertz CT molecular complexity index is 1150. The normalized spacial score (nSPS) is 21.2. The molecule has 1 saturated heterocycles. The van der Waals surface area contributed by atoms with E-state index >= 15 is 0 Å². The van der Waals surface area contributed by atoms with E-state index in [1.807, 2.05) is 12.1 Å². The predicted octanol–water partition coefficient (Wildman–Crippen LogP) is 4.47. The molecule has 4 rings (SSSR count). The van der Waals surface area contributed by atoms with Crippen molar-refractivity contribution in [3.8, 4) is 5.75 Å². The molecule has 7 heteroatoms. The highest BCUT2D eigenvalue weighted by Gasteiger charge is 2.38. The van der Waals surface area contributed by atoms with Crippen molar-refractivity contribution in [2.75, 3.05) is 23.5 Å². The Kier molecular flexibility index (Phi) is 5.74. The number of fused-ring (bicyclic) bond motifs is 1. The van der Waals surface area contributed by atoms with Crippen LogP contribution in [-0.4, -0.2) is 37.0 Å². The largest absolute Gasteiger partial charge is 0.497 e. The Morgan fingerprint density at radius 3 is 2.45 bits per heavy atom. The van der Waals surface area contributed by atoms with Gasteiger partial charge in [0.2, 0.25) is 0 Å². The van der Waals surface area contributed by atoms with Gasteiger partial charge in [0.1, 0.15) is 11.3 Å². The molecule has 0 aliphatic carbocycles. The van der Waals surface area contributed by atoms with Gasteiger partial charge in [-0.25, -0.2) is 9.69 Å². The number of urea groups is 1. The quantitative estimate of drug-likeness (QED) is 0.553. The number of nitrogens with one attached hydrogen (secondary N) is 1. The second kappa shape index (κ2) is 8.39. The van der Waals surface area contributed by atoms with Crippen molar-refractivity contribution in [3.05, 3.63) is 59.2 Å². The number of anilines is 2. The summed E-state index contributed by atoms with van der Waals surface area (Å²) in [6.45, 7) is 9.75. The highest BCUT2D eigenvalue weighted by Crippen LogP contribution is 2.43. The van der Waals surface area contributed by atoms with Gasteiger partial charge in [-0.3, -0.25) is 14.9 Å². The number of methoxy groups -OCH3 is 1. The molecule has 0 spiro atoms. The summed E-state index contributed by atoms with van der Waals surface area (Å²) in [5.74, 6) is -0.416. The van der Waals surface area contributed by atoms with Crippen molar-refractivity contribution < 1.29 is 19.1 Å². The van der Waals surface area contributed by atoms with Gasteiger partial charge in [-0.05, 0) is 86.7 Å². The number of barbiturate groups is 1. The molecule has 2 aliphatic rings. The number of carbonyl (C=O) groups excluding carboxylic acids is 3. The number of hydrogen-bond acceptors (Lipinski definition) is 5. The fourth-order valence-electron chi connectivity index (χ4n) is 4.99. The zero-order valence-corrected chi connectivity index (χ0v) is 19.6. The molecule has 0 radical (unpaired) electrons. The van der Waals surface area contributed by atoms with E-state index in [0.717, 1.165) is 23.4 Å². The first-order valence-electron chi connectivity index (χ1n) is 11.1. The third-order valence-electron chi connectivity index (χ3n) is 6.47. The van der Waals surface area contributed by atoms with Crippen molar-refractivity contribution >= 4 is 35.3 Å². The van der Waals surface area contributed by atoms with E-state index in [4.69, 9.17) is 4.74 Å². The summed E-state index contributed by atoms with van der Waals surface area (Å²) in [5, 5.41) is 2.27. The Morgan fingerprint density at radius 2 is 1.82 bits per heavy atom. The summed E-state index contributed by atoms with van der Waals surface area (Å²) in [6.07, 6.45) is 2.57. The van der Waals surface area contributed by atoms with Crippen molar-refractivity contribution in [2.24, 2.45) is 0 Å². The van der Waals surface area contributed by atoms with E-state index < -0.39 is 17.8 Å². The Labute approximate surface area is 194 Å². The molecule has 1 fully saturated rings. The third-order valence-corrected chi connectivity index (χ3v) is 6.47. The smallest absolute Gasteiger partial charge is 0.335 e. The van der Waals surface area contributed by atoms with Gasteiger partial charge in [0.15, 0.2) is 0 Å². The first-order valence-corrected chi connectivity index (χ1v) is 11.1. The van der Waals surface area contributed by atoms with Crippen molar-refractivity contribution in [3.63, 3.8) is 0 Å². The lowest BCUT2D eigenvalue weighted by Gasteiger charge is -2.47. The van der Waals surface area contributed by atoms with E-state index in [0.29, 0.717) is 17.4 Å². The molecule has 1 unspecified atom stereocenters. The standard InChI is InChI=1S/C26H29N3O4/c1-6-28-22-12-7-17(13-20(22)16(2)15-26(28,3)4)14-21-23(30)27-25(32)29(24(21)31)18-8-10-19(33-5)11-9-18/h7-14,16H,6,15H2,1-5H3,(H,27,30,32)/b21-14-. The van der Waals surface area contributed by atoms with E-state index in [2.05, 4.69) is 44.0 Å². The number of imide groups is 2. The van der Waals surface area contributed by atoms with Crippen molar-refractivity contribution in [2.45, 2.75) is 45.6 Å². The molecular weight excluding hydrogens is 418 g/mol. The summed E-state index contributed by atoms with van der Waals surface area (Å²) in [4.78, 5) is 41.5. The Morgan fingerprint density at radius 1 is 1.12 bits per heavy atom. The number of hydrogen-bond donors (Lipinski definition) is 1. The molecule has 4 amide bonds. The molecular formula is C26H29N3O4. The molecule has 33 heavy (non-hydrogen) atoms. The van der Waals surface area contributed by atoms with Crippen LogP contribution in [-0.2, 0) is 9.59 Å². The van der Waals surface area contributed by atoms with Crippen LogP contribution >= 0.6 is 0 Å². The number of benzene rings is 2. The van der Waals surface area contributed by atoms with Gasteiger partial charge in [0, 0.05) is 17.8 Å². The molecule has 2 aromatic rings. The van der Waals surface area contributed by atoms with Crippen molar-refractivity contribution in [1.82, 2.24) is 5.32 Å². The highest BCUT2D eigenvalue weighted by molar-refractivity contribution is 6.39. The average Bonchev–Trinajstić information content (AvgIpc) is 2.77. The number of amides is 4. The van der Waals surface area contributed by atoms with Gasteiger partial charge in [0.25, 0.3) is 11.8 Å². The van der Waals surface area contributed by atoms with Gasteiger partial charge in [-0.2, -0.15) is 0 Å². The fourth-order valence-corrected chi connectivity index (χ4v) is 4.99. The maximum absolute atomic E-state index is 13.2. The lowest BCUT2D eigenvalue weighted by atomic mass is 9.79. The van der Waals surface area contributed by atoms with Crippen LogP contribution in [0.5, 0.6) is 5.75 Å². The molecule has 0 aromatic heterocycles. The molecule has 1 N–H and O–H groups in total. The van der Waals surface area contributed by atoms with Gasteiger partial charge >= 0.3 is 6.03 Å². The molecule has 0 bridgehead atoms. The van der Waals surface area contributed by atoms with Crippen LogP contribution in [0.2, 0.25) is 0 Å². The Hall–Kier alpha value is -3.61. The predicted molar refractivity (Wildman–Crippen MR) is 129 cm³/mol. The van der Waals surface area contributed by atoms with Gasteiger partial charge < -0.3 is 9.64 Å². The average molecular weight is 448 g/mol. The lowest BCUT2D eigenvalue weighted by Crippen LogP contribution is -2.54. The molecule has 2 aromatic carbocycles. The second-order valence-corrected chi connectivity index (χ2v) is 9.14. The lowest BCUT2D eigenvalue weighted by molar-refractivity contribution is -0.122. The number of ether oxygens (including phenoxy) is 1. The minimum absolute atomic E-state index is 0.0552. The van der Waals surface area contributed by atoms with Crippen LogP contribution in [0.4, 0.5) is 16.2 Å². The first kappa shape index (κ1) is 22.6. The van der Waals surface area contributed by atoms with Gasteiger partial charge in [-0.1, -0.05) is 13.0 Å². The number of carbonyl (C=O) groups is 3. The summed E-state index contributed by atoms with van der Waals surface area (Å²) in [6, 6.07) is 11.8. The SMILES string of the molecule is CCN1c2ccc(/C=C3/C(=O)NC(=O)N(c4ccc(OC)cc4)C3=O)cc2C(C)CC1(C)C. The topological polar surface area (TPSA) is 79.0 Å². The summed E-state index contributed by atoms with van der Waals surface area (Å²) in [5.41, 5.74) is 3.45. The summed E-state index contributed by atoms with van der Waals surface area (Å²) >= 11 is 0. The van der Waals surface area contributed by atoms with E-state index in [1.165, 1.54) is 18.4 Å². The van der Waals surface area contributed by atoms with Crippen LogP contribution in [0.25, 0.3) is 6.08 Å². The molecule has 7 nitrogen and oxygen atoms in total. The number of nitrogens with zero attached hydrogens (tertiary/aromatic N) is 2. The van der Waals surface area contributed by atoms with Crippen LogP contribution in [0.3, 0.4) is 0 Å². The van der Waals surface area contributed by atoms with Gasteiger partial charge in [0.05, 0.1) is 12.8 Å². The van der Waals surface area contributed by atoms with Gasteiger partial charge in [-0.15, -0.1) is 0 Å². The van der Waals surface area contributed by atoms with E-state index in [1.54, 1.807) is 30.3 Å². The summed E-state index contributed by atoms with van der Waals surface area (Å²) in [7, 11) is 1.54. The maximum Gasteiger partial charge on any atom is 0.335 e. The fraction of sp³-hybridized carbons (Fsp3) is 0.346. The molecule has 2 heterocycles. The van der Waals surface area contributed by atoms with Crippen LogP contribution < -0.4 is 19.9 Å². The van der Waals surface area contributed by atoms with E-state index in [-0.39, 0.29) is 11.1 Å². The molecule has 172 valence electrons. The maximum atomic E-state index is 13.2. The first-order chi connectivity index (χ1) is 15.7. The van der Waals surface area contributed by atoms with E-state index in [9.17, 15) is 14.4 Å². The zero-order chi connectivity index (χ0) is 23.9. The zero-order valence-electron chi connectivity index (χ0n) is 19.6. The highest BCUT2D eigenvalue weighted by atomic mass is 16.5. The summed E-state index contributed by atoms with van der Waals surface area (Å²) < 4.78 is 5.14. The number of rotatable bonds is 4. The van der Waals surface area contributed by atoms with Crippen LogP contribution in [0, 0.1) is 0 Å². The minimum atomic E-state index is -0.771. The molecule has 2 aliphatic heterocycles. The van der Waals surface area contributed by atoms with Crippen LogP contribution in [0.15, 0.2) is 48.0 Å². The second-order valence-electron chi connectivity index (χ2n) is 9.14. The molecule has 1 atom stereocenters. The van der Waals surface area contributed by atoms with Crippen molar-refractivity contribution in [1.29, 1.82) is 0 Å².